The maximum absolute atomic E-state index is 12.6. The monoisotopic (exact) mass is 353 g/mol. The SMILES string of the molecule is CC(c1cccc(-c2c[nH]c(C(=O)N3CCOCC3)c2)c1)N1CCCC1. The van der Waals surface area contributed by atoms with E-state index < -0.39 is 0 Å². The van der Waals surface area contributed by atoms with Crippen molar-refractivity contribution in [3.63, 3.8) is 0 Å². The standard InChI is InChI=1S/C21H27N3O2/c1-16(23-7-2-3-8-23)17-5-4-6-18(13-17)19-14-20(22-15-19)21(25)24-9-11-26-12-10-24/h4-6,13-16,22H,2-3,7-12H2,1H3. The molecule has 5 nitrogen and oxygen atoms in total. The van der Waals surface area contributed by atoms with Crippen LogP contribution in [-0.4, -0.2) is 60.1 Å². The van der Waals surface area contributed by atoms with Gasteiger partial charge in [-0.3, -0.25) is 9.69 Å². The molecular weight excluding hydrogens is 326 g/mol. The van der Waals surface area contributed by atoms with Gasteiger partial charge in [0, 0.05) is 25.3 Å². The number of H-pyrrole nitrogens is 1. The first-order valence-electron chi connectivity index (χ1n) is 9.62. The van der Waals surface area contributed by atoms with Crippen LogP contribution in [0.4, 0.5) is 0 Å². The third-order valence-corrected chi connectivity index (χ3v) is 5.60. The molecule has 1 amide bonds. The molecule has 0 saturated carbocycles. The highest BCUT2D eigenvalue weighted by molar-refractivity contribution is 5.94. The van der Waals surface area contributed by atoms with Gasteiger partial charge in [0.25, 0.3) is 5.91 Å². The van der Waals surface area contributed by atoms with Gasteiger partial charge in [0.15, 0.2) is 0 Å². The summed E-state index contributed by atoms with van der Waals surface area (Å²) < 4.78 is 5.33. The summed E-state index contributed by atoms with van der Waals surface area (Å²) in [6.07, 6.45) is 4.54. The second-order valence-electron chi connectivity index (χ2n) is 7.25. The fourth-order valence-corrected chi connectivity index (χ4v) is 3.94. The summed E-state index contributed by atoms with van der Waals surface area (Å²) in [6.45, 7) is 7.23. The van der Waals surface area contributed by atoms with E-state index in [1.807, 2.05) is 17.2 Å². The highest BCUT2D eigenvalue weighted by Crippen LogP contribution is 2.28. The van der Waals surface area contributed by atoms with Crippen LogP contribution in [-0.2, 0) is 4.74 Å². The Hall–Kier alpha value is -2.11. The zero-order valence-electron chi connectivity index (χ0n) is 15.4. The van der Waals surface area contributed by atoms with Crippen molar-refractivity contribution in [3.8, 4) is 11.1 Å². The van der Waals surface area contributed by atoms with Gasteiger partial charge in [0.1, 0.15) is 5.69 Å². The van der Waals surface area contributed by atoms with Crippen LogP contribution < -0.4 is 0 Å². The fourth-order valence-electron chi connectivity index (χ4n) is 3.94. The maximum atomic E-state index is 12.6. The van der Waals surface area contributed by atoms with E-state index in [-0.39, 0.29) is 5.91 Å². The molecule has 0 radical (unpaired) electrons. The number of nitrogens with one attached hydrogen (secondary N) is 1. The topological polar surface area (TPSA) is 48.6 Å². The van der Waals surface area contributed by atoms with Crippen molar-refractivity contribution >= 4 is 5.91 Å². The zero-order valence-corrected chi connectivity index (χ0v) is 15.4. The molecule has 2 aliphatic rings. The molecule has 0 aliphatic carbocycles. The normalized spacial score (nSPS) is 19.7. The van der Waals surface area contributed by atoms with Gasteiger partial charge in [-0.15, -0.1) is 0 Å². The molecule has 1 unspecified atom stereocenters. The number of hydrogen-bond acceptors (Lipinski definition) is 3. The summed E-state index contributed by atoms with van der Waals surface area (Å²) in [7, 11) is 0. The van der Waals surface area contributed by atoms with Gasteiger partial charge in [-0.1, -0.05) is 18.2 Å². The summed E-state index contributed by atoms with van der Waals surface area (Å²) in [5.41, 5.74) is 4.22. The Bertz CT molecular complexity index is 758. The second-order valence-corrected chi connectivity index (χ2v) is 7.25. The van der Waals surface area contributed by atoms with Crippen molar-refractivity contribution in [2.45, 2.75) is 25.8 Å². The first kappa shape index (κ1) is 17.3. The minimum absolute atomic E-state index is 0.0566. The average Bonchev–Trinajstić information content (AvgIpc) is 3.40. The van der Waals surface area contributed by atoms with E-state index in [0.717, 1.165) is 11.1 Å². The van der Waals surface area contributed by atoms with E-state index in [1.54, 1.807) is 0 Å². The van der Waals surface area contributed by atoms with Crippen LogP contribution in [0.25, 0.3) is 11.1 Å². The predicted octanol–water partition coefficient (Wildman–Crippen LogP) is 3.31. The lowest BCUT2D eigenvalue weighted by atomic mass is 10.0. The number of amides is 1. The molecule has 1 atom stereocenters. The second kappa shape index (κ2) is 7.64. The van der Waals surface area contributed by atoms with E-state index in [1.165, 1.54) is 31.5 Å². The lowest BCUT2D eigenvalue weighted by molar-refractivity contribution is 0.0299. The molecular formula is C21H27N3O2. The van der Waals surface area contributed by atoms with E-state index in [0.29, 0.717) is 38.0 Å². The number of rotatable bonds is 4. The lowest BCUT2D eigenvalue weighted by Crippen LogP contribution is -2.40. The summed E-state index contributed by atoms with van der Waals surface area (Å²) in [6, 6.07) is 11.1. The van der Waals surface area contributed by atoms with Crippen molar-refractivity contribution in [2.24, 2.45) is 0 Å². The number of ether oxygens (including phenoxy) is 1. The van der Waals surface area contributed by atoms with Gasteiger partial charge in [0.05, 0.1) is 13.2 Å². The molecule has 2 fully saturated rings. The predicted molar refractivity (Wildman–Crippen MR) is 102 cm³/mol. The number of morpholine rings is 1. The molecule has 26 heavy (non-hydrogen) atoms. The Kier molecular flexibility index (Phi) is 5.09. The van der Waals surface area contributed by atoms with Crippen LogP contribution in [0.1, 0.15) is 41.9 Å². The number of likely N-dealkylation sites (tertiary alicyclic amines) is 1. The highest BCUT2D eigenvalue weighted by atomic mass is 16.5. The van der Waals surface area contributed by atoms with Gasteiger partial charge in [0.2, 0.25) is 0 Å². The smallest absolute Gasteiger partial charge is 0.270 e. The minimum Gasteiger partial charge on any atom is -0.378 e. The van der Waals surface area contributed by atoms with Crippen LogP contribution in [0.2, 0.25) is 0 Å². The van der Waals surface area contributed by atoms with Gasteiger partial charge in [-0.25, -0.2) is 0 Å². The molecule has 2 aromatic rings. The van der Waals surface area contributed by atoms with Crippen LogP contribution in [0.5, 0.6) is 0 Å². The number of carbonyl (C=O) groups excluding carboxylic acids is 1. The first-order chi connectivity index (χ1) is 12.7. The van der Waals surface area contributed by atoms with E-state index in [9.17, 15) is 4.79 Å². The molecule has 1 N–H and O–H groups in total. The van der Waals surface area contributed by atoms with Gasteiger partial charge in [-0.05, 0) is 61.7 Å². The maximum Gasteiger partial charge on any atom is 0.270 e. The van der Waals surface area contributed by atoms with Crippen molar-refractivity contribution < 1.29 is 9.53 Å². The van der Waals surface area contributed by atoms with Crippen molar-refractivity contribution in [1.29, 1.82) is 0 Å². The lowest BCUT2D eigenvalue weighted by Gasteiger charge is -2.26. The fraction of sp³-hybridized carbons (Fsp3) is 0.476. The Balaban J connectivity index is 1.52. The molecule has 138 valence electrons. The van der Waals surface area contributed by atoms with Crippen molar-refractivity contribution in [2.75, 3.05) is 39.4 Å². The largest absolute Gasteiger partial charge is 0.378 e. The number of nitrogens with zero attached hydrogens (tertiary/aromatic N) is 2. The summed E-state index contributed by atoms with van der Waals surface area (Å²) in [5, 5.41) is 0. The number of benzene rings is 1. The van der Waals surface area contributed by atoms with Crippen molar-refractivity contribution in [1.82, 2.24) is 14.8 Å². The van der Waals surface area contributed by atoms with Crippen LogP contribution in [0, 0.1) is 0 Å². The van der Waals surface area contributed by atoms with Crippen LogP contribution in [0.3, 0.4) is 0 Å². The molecule has 2 aliphatic heterocycles. The minimum atomic E-state index is 0.0566. The molecule has 2 saturated heterocycles. The average molecular weight is 353 g/mol. The van der Waals surface area contributed by atoms with E-state index >= 15 is 0 Å². The van der Waals surface area contributed by atoms with Gasteiger partial charge >= 0.3 is 0 Å². The highest BCUT2D eigenvalue weighted by Gasteiger charge is 2.21. The molecule has 1 aromatic heterocycles. The number of aromatic nitrogens is 1. The van der Waals surface area contributed by atoms with Crippen LogP contribution in [0.15, 0.2) is 36.5 Å². The Morgan fingerprint density at radius 2 is 1.85 bits per heavy atom. The van der Waals surface area contributed by atoms with Gasteiger partial charge in [-0.2, -0.15) is 0 Å². The Morgan fingerprint density at radius 3 is 2.62 bits per heavy atom. The molecule has 3 heterocycles. The van der Waals surface area contributed by atoms with E-state index in [4.69, 9.17) is 4.74 Å². The molecule has 5 heteroatoms. The zero-order chi connectivity index (χ0) is 17.9. The first-order valence-corrected chi connectivity index (χ1v) is 9.62. The Labute approximate surface area is 154 Å². The number of hydrogen-bond donors (Lipinski definition) is 1. The molecule has 1 aromatic carbocycles. The van der Waals surface area contributed by atoms with Crippen LogP contribution >= 0.6 is 0 Å². The third-order valence-electron chi connectivity index (χ3n) is 5.60. The summed E-state index contributed by atoms with van der Waals surface area (Å²) >= 11 is 0. The summed E-state index contributed by atoms with van der Waals surface area (Å²) in [5.74, 6) is 0.0566. The molecule has 0 spiro atoms. The number of aromatic amines is 1. The molecule has 4 rings (SSSR count). The quantitative estimate of drug-likeness (QED) is 0.917. The van der Waals surface area contributed by atoms with E-state index in [2.05, 4.69) is 41.1 Å². The third kappa shape index (κ3) is 3.55. The number of carbonyl (C=O) groups is 1. The summed E-state index contributed by atoms with van der Waals surface area (Å²) in [4.78, 5) is 20.2. The Morgan fingerprint density at radius 1 is 1.08 bits per heavy atom. The molecule has 0 bridgehead atoms. The van der Waals surface area contributed by atoms with Gasteiger partial charge < -0.3 is 14.6 Å². The van der Waals surface area contributed by atoms with Crippen molar-refractivity contribution in [3.05, 3.63) is 47.8 Å².